The van der Waals surface area contributed by atoms with Crippen molar-refractivity contribution in [3.05, 3.63) is 33.8 Å². The number of hydrogen-bond acceptors (Lipinski definition) is 1. The van der Waals surface area contributed by atoms with Gasteiger partial charge in [0, 0.05) is 10.0 Å². The van der Waals surface area contributed by atoms with E-state index in [4.69, 9.17) is 28.9 Å². The van der Waals surface area contributed by atoms with Crippen molar-refractivity contribution in [2.75, 3.05) is 6.54 Å². The maximum Gasteiger partial charge on any atom is 0.0455 e. The molecule has 1 aliphatic carbocycles. The topological polar surface area (TPSA) is 26.0 Å². The van der Waals surface area contributed by atoms with E-state index in [1.54, 1.807) is 6.07 Å². The summed E-state index contributed by atoms with van der Waals surface area (Å²) in [5, 5.41) is 1.46. The van der Waals surface area contributed by atoms with Crippen LogP contribution < -0.4 is 5.73 Å². The lowest BCUT2D eigenvalue weighted by atomic mass is 10.1. The van der Waals surface area contributed by atoms with Crippen molar-refractivity contribution in [2.45, 2.75) is 12.3 Å². The highest BCUT2D eigenvalue weighted by Crippen LogP contribution is 2.49. The Kier molecular flexibility index (Phi) is 2.50. The molecule has 3 heteroatoms. The Morgan fingerprint density at radius 2 is 2.15 bits per heavy atom. The molecule has 0 bridgehead atoms. The third-order valence-corrected chi connectivity index (χ3v) is 3.15. The van der Waals surface area contributed by atoms with Gasteiger partial charge in [-0.05, 0) is 42.5 Å². The molecule has 1 aliphatic rings. The number of halogens is 2. The van der Waals surface area contributed by atoms with Crippen molar-refractivity contribution >= 4 is 23.2 Å². The van der Waals surface area contributed by atoms with Gasteiger partial charge in [0.1, 0.15) is 0 Å². The summed E-state index contributed by atoms with van der Waals surface area (Å²) < 4.78 is 0. The van der Waals surface area contributed by atoms with Crippen LogP contribution in [0.3, 0.4) is 0 Å². The van der Waals surface area contributed by atoms with Gasteiger partial charge in [-0.25, -0.2) is 0 Å². The number of hydrogen-bond donors (Lipinski definition) is 1. The van der Waals surface area contributed by atoms with Gasteiger partial charge in [0.25, 0.3) is 0 Å². The van der Waals surface area contributed by atoms with Crippen molar-refractivity contribution in [2.24, 2.45) is 11.7 Å². The Labute approximate surface area is 87.8 Å². The van der Waals surface area contributed by atoms with E-state index < -0.39 is 0 Å². The molecule has 1 aromatic rings. The first-order valence-electron chi connectivity index (χ1n) is 4.37. The number of benzene rings is 1. The van der Waals surface area contributed by atoms with Gasteiger partial charge in [-0.2, -0.15) is 0 Å². The maximum atomic E-state index is 6.06. The first-order valence-corrected chi connectivity index (χ1v) is 5.13. The van der Waals surface area contributed by atoms with Gasteiger partial charge < -0.3 is 5.73 Å². The minimum Gasteiger partial charge on any atom is -0.330 e. The number of rotatable bonds is 2. The molecule has 2 atom stereocenters. The zero-order chi connectivity index (χ0) is 9.42. The molecule has 0 saturated heterocycles. The summed E-state index contributed by atoms with van der Waals surface area (Å²) in [7, 11) is 0. The van der Waals surface area contributed by atoms with Crippen LogP contribution in [-0.4, -0.2) is 6.54 Å². The summed E-state index contributed by atoms with van der Waals surface area (Å²) in [6.07, 6.45) is 1.16. The van der Waals surface area contributed by atoms with E-state index in [2.05, 4.69) is 0 Å². The van der Waals surface area contributed by atoms with E-state index in [1.165, 1.54) is 5.56 Å². The molecule has 0 amide bonds. The predicted octanol–water partition coefficient (Wildman–Crippen LogP) is 3.06. The highest BCUT2D eigenvalue weighted by Gasteiger charge is 2.37. The molecule has 1 nitrogen and oxygen atoms in total. The molecule has 2 rings (SSSR count). The van der Waals surface area contributed by atoms with E-state index in [1.807, 2.05) is 12.1 Å². The lowest BCUT2D eigenvalue weighted by Gasteiger charge is -2.02. The van der Waals surface area contributed by atoms with Crippen LogP contribution in [0.5, 0.6) is 0 Å². The summed E-state index contributed by atoms with van der Waals surface area (Å²) in [6.45, 7) is 0.754. The summed E-state index contributed by atoms with van der Waals surface area (Å²) in [5.41, 5.74) is 6.77. The fraction of sp³-hybridized carbons (Fsp3) is 0.400. The van der Waals surface area contributed by atoms with Gasteiger partial charge in [-0.1, -0.05) is 29.3 Å². The molecular formula is C10H11Cl2N. The van der Waals surface area contributed by atoms with E-state index in [0.717, 1.165) is 18.0 Å². The Balaban J connectivity index is 2.22. The highest BCUT2D eigenvalue weighted by molar-refractivity contribution is 6.35. The Hall–Kier alpha value is -0.240. The molecule has 1 aromatic carbocycles. The maximum absolute atomic E-state index is 6.06. The fourth-order valence-electron chi connectivity index (χ4n) is 1.69. The van der Waals surface area contributed by atoms with Crippen LogP contribution in [0.15, 0.2) is 18.2 Å². The first kappa shape index (κ1) is 9.32. The molecule has 1 saturated carbocycles. The molecule has 70 valence electrons. The second kappa shape index (κ2) is 3.49. The van der Waals surface area contributed by atoms with Crippen LogP contribution in [0.1, 0.15) is 17.9 Å². The zero-order valence-electron chi connectivity index (χ0n) is 7.13. The van der Waals surface area contributed by atoms with Crippen molar-refractivity contribution in [3.8, 4) is 0 Å². The first-order chi connectivity index (χ1) is 6.22. The van der Waals surface area contributed by atoms with Crippen molar-refractivity contribution in [1.29, 1.82) is 0 Å². The van der Waals surface area contributed by atoms with Gasteiger partial charge in [0.15, 0.2) is 0 Å². The van der Waals surface area contributed by atoms with E-state index in [-0.39, 0.29) is 0 Å². The minimum atomic E-state index is 0.565. The van der Waals surface area contributed by atoms with E-state index in [0.29, 0.717) is 16.9 Å². The second-order valence-corrected chi connectivity index (χ2v) is 4.35. The van der Waals surface area contributed by atoms with Crippen LogP contribution in [0.25, 0.3) is 0 Å². The van der Waals surface area contributed by atoms with Gasteiger partial charge in [-0.15, -0.1) is 0 Å². The standard InChI is InChI=1S/C10H11Cl2N/c11-7-1-2-8(10(12)4-7)9-3-6(9)5-13/h1-2,4,6,9H,3,5,13H2/t6-,9+/m1/s1. The molecular weight excluding hydrogens is 205 g/mol. The summed E-state index contributed by atoms with van der Waals surface area (Å²) in [5.74, 6) is 1.19. The second-order valence-electron chi connectivity index (χ2n) is 3.50. The molecule has 0 unspecified atom stereocenters. The quantitative estimate of drug-likeness (QED) is 0.807. The fourth-order valence-corrected chi connectivity index (χ4v) is 2.24. The molecule has 0 heterocycles. The average Bonchev–Trinajstić information content (AvgIpc) is 2.83. The van der Waals surface area contributed by atoms with Crippen LogP contribution in [0.2, 0.25) is 10.0 Å². The van der Waals surface area contributed by atoms with Crippen LogP contribution >= 0.6 is 23.2 Å². The molecule has 0 spiro atoms. The van der Waals surface area contributed by atoms with Crippen LogP contribution in [-0.2, 0) is 0 Å². The van der Waals surface area contributed by atoms with Crippen LogP contribution in [0, 0.1) is 5.92 Å². The van der Waals surface area contributed by atoms with Gasteiger partial charge in [0.2, 0.25) is 0 Å². The smallest absolute Gasteiger partial charge is 0.0455 e. The molecule has 0 aliphatic heterocycles. The average molecular weight is 216 g/mol. The largest absolute Gasteiger partial charge is 0.330 e. The van der Waals surface area contributed by atoms with Crippen molar-refractivity contribution in [1.82, 2.24) is 0 Å². The van der Waals surface area contributed by atoms with Gasteiger partial charge >= 0.3 is 0 Å². The van der Waals surface area contributed by atoms with Crippen molar-refractivity contribution < 1.29 is 0 Å². The van der Waals surface area contributed by atoms with Crippen LogP contribution in [0.4, 0.5) is 0 Å². The number of nitrogens with two attached hydrogens (primary N) is 1. The molecule has 0 aromatic heterocycles. The zero-order valence-corrected chi connectivity index (χ0v) is 8.65. The summed E-state index contributed by atoms with van der Waals surface area (Å²) in [6, 6.07) is 5.68. The van der Waals surface area contributed by atoms with E-state index in [9.17, 15) is 0 Å². The lowest BCUT2D eigenvalue weighted by molar-refractivity contribution is 0.810. The summed E-state index contributed by atoms with van der Waals surface area (Å²) >= 11 is 11.9. The minimum absolute atomic E-state index is 0.565. The molecule has 1 fully saturated rings. The highest BCUT2D eigenvalue weighted by atomic mass is 35.5. The Morgan fingerprint density at radius 3 is 2.69 bits per heavy atom. The monoisotopic (exact) mass is 215 g/mol. The van der Waals surface area contributed by atoms with Gasteiger partial charge in [-0.3, -0.25) is 0 Å². The SMILES string of the molecule is NC[C@H]1C[C@@H]1c1ccc(Cl)cc1Cl. The molecule has 2 N–H and O–H groups in total. The molecule has 0 radical (unpaired) electrons. The normalized spacial score (nSPS) is 26.1. The third kappa shape index (κ3) is 1.83. The molecule has 13 heavy (non-hydrogen) atoms. The van der Waals surface area contributed by atoms with Gasteiger partial charge in [0.05, 0.1) is 0 Å². The third-order valence-electron chi connectivity index (χ3n) is 2.59. The van der Waals surface area contributed by atoms with E-state index >= 15 is 0 Å². The predicted molar refractivity (Wildman–Crippen MR) is 56.4 cm³/mol. The van der Waals surface area contributed by atoms with Crippen molar-refractivity contribution in [3.63, 3.8) is 0 Å². The summed E-state index contributed by atoms with van der Waals surface area (Å²) in [4.78, 5) is 0. The Bertz CT molecular complexity index is 325. The lowest BCUT2D eigenvalue weighted by Crippen LogP contribution is -2.02. The Morgan fingerprint density at radius 1 is 1.38 bits per heavy atom.